The van der Waals surface area contributed by atoms with E-state index in [0.717, 1.165) is 11.6 Å². The molecule has 0 bridgehead atoms. The number of hydrogen-bond acceptors (Lipinski definition) is 4. The van der Waals surface area contributed by atoms with Crippen LogP contribution in [0, 0.1) is 5.92 Å². The number of Topliss-reactive ketones (excluding diaryl/α,β-unsaturated/α-hetero) is 1. The van der Waals surface area contributed by atoms with Crippen LogP contribution < -0.4 is 0 Å². The fraction of sp³-hybridized carbons (Fsp3) is 0.222. The van der Waals surface area contributed by atoms with Crippen molar-refractivity contribution in [3.8, 4) is 0 Å². The van der Waals surface area contributed by atoms with E-state index >= 15 is 0 Å². The molecule has 1 aliphatic carbocycles. The molecule has 2 rings (SSSR count). The second kappa shape index (κ2) is 6.43. The van der Waals surface area contributed by atoms with Crippen LogP contribution in [0.3, 0.4) is 0 Å². The lowest BCUT2D eigenvalue weighted by molar-refractivity contribution is -0.128. The van der Waals surface area contributed by atoms with Crippen LogP contribution in [0.25, 0.3) is 5.76 Å². The second-order valence-electron chi connectivity index (χ2n) is 5.46. The molecule has 0 saturated heterocycles. The summed E-state index contributed by atoms with van der Waals surface area (Å²) in [6.07, 6.45) is 3.07. The van der Waals surface area contributed by atoms with E-state index in [2.05, 4.69) is 0 Å². The van der Waals surface area contributed by atoms with E-state index in [1.54, 1.807) is 36.4 Å². The summed E-state index contributed by atoms with van der Waals surface area (Å²) in [7, 11) is 0. The first kappa shape index (κ1) is 15.8. The molecule has 0 aromatic heterocycles. The molecule has 1 atom stereocenters. The summed E-state index contributed by atoms with van der Waals surface area (Å²) in [6, 6.07) is 8.47. The van der Waals surface area contributed by atoms with Crippen molar-refractivity contribution in [2.45, 2.75) is 20.3 Å². The van der Waals surface area contributed by atoms with Gasteiger partial charge in [-0.25, -0.2) is 0 Å². The molecule has 0 fully saturated rings. The van der Waals surface area contributed by atoms with Crippen LogP contribution in [0.2, 0.25) is 0 Å². The minimum absolute atomic E-state index is 0.196. The molecule has 0 radical (unpaired) electrons. The molecule has 1 aliphatic rings. The Morgan fingerprint density at radius 1 is 1.18 bits per heavy atom. The Balaban J connectivity index is 2.47. The Morgan fingerprint density at radius 2 is 1.82 bits per heavy atom. The molecule has 0 saturated carbocycles. The van der Waals surface area contributed by atoms with Crippen LogP contribution in [0.15, 0.2) is 59.4 Å². The predicted octanol–water partition coefficient (Wildman–Crippen LogP) is 3.52. The van der Waals surface area contributed by atoms with Crippen molar-refractivity contribution in [2.24, 2.45) is 5.92 Å². The number of rotatable bonds is 3. The number of aliphatic hydroxyl groups excluding tert-OH is 2. The Hall–Kier alpha value is -2.62. The molecule has 1 unspecified atom stereocenters. The van der Waals surface area contributed by atoms with Crippen LogP contribution in [0.5, 0.6) is 0 Å². The number of allylic oxidation sites excluding steroid dienone is 4. The average molecular weight is 298 g/mol. The third kappa shape index (κ3) is 3.17. The quantitative estimate of drug-likeness (QED) is 0.387. The van der Waals surface area contributed by atoms with Crippen molar-refractivity contribution >= 4 is 17.3 Å². The van der Waals surface area contributed by atoms with Crippen molar-refractivity contribution in [2.75, 3.05) is 0 Å². The average Bonchev–Trinajstić information content (AvgIpc) is 2.47. The van der Waals surface area contributed by atoms with E-state index in [1.165, 1.54) is 0 Å². The number of benzene rings is 1. The number of aliphatic hydroxyl groups is 2. The van der Waals surface area contributed by atoms with Crippen LogP contribution >= 0.6 is 0 Å². The van der Waals surface area contributed by atoms with Gasteiger partial charge in [-0.05, 0) is 20.3 Å². The van der Waals surface area contributed by atoms with Gasteiger partial charge < -0.3 is 10.2 Å². The number of hydrogen-bond donors (Lipinski definition) is 2. The van der Waals surface area contributed by atoms with Crippen LogP contribution in [-0.4, -0.2) is 21.8 Å². The lowest BCUT2D eigenvalue weighted by Crippen LogP contribution is -2.30. The van der Waals surface area contributed by atoms with Gasteiger partial charge >= 0.3 is 0 Å². The smallest absolute Gasteiger partial charge is 0.181 e. The molecule has 2 N–H and O–H groups in total. The number of carbonyl (C=O) groups excluding carboxylic acids is 2. The topological polar surface area (TPSA) is 74.6 Å². The first-order valence-corrected chi connectivity index (χ1v) is 7.03. The SMILES string of the molecule is CC(C)=CCC1C(=O)C=C(O)/C(=C(\O)c2ccccc2)C1=O. The van der Waals surface area contributed by atoms with E-state index in [0.29, 0.717) is 5.56 Å². The van der Waals surface area contributed by atoms with Gasteiger partial charge in [0.1, 0.15) is 17.1 Å². The van der Waals surface area contributed by atoms with Crippen molar-refractivity contribution in [1.82, 2.24) is 0 Å². The Bertz CT molecular complexity index is 689. The molecular formula is C18H18O4. The van der Waals surface area contributed by atoms with Crippen LogP contribution in [-0.2, 0) is 9.59 Å². The minimum Gasteiger partial charge on any atom is -0.507 e. The standard InChI is InChI=1S/C18H18O4/c1-11(2)8-9-13-14(19)10-15(20)16(18(13)22)17(21)12-6-4-3-5-7-12/h3-8,10,13,20-21H,9H2,1-2H3/b17-16+. The maximum atomic E-state index is 12.5. The van der Waals surface area contributed by atoms with Gasteiger partial charge in [-0.15, -0.1) is 0 Å². The number of ketones is 2. The van der Waals surface area contributed by atoms with Gasteiger partial charge in [0.2, 0.25) is 0 Å². The summed E-state index contributed by atoms with van der Waals surface area (Å²) < 4.78 is 0. The van der Waals surface area contributed by atoms with Gasteiger partial charge in [0, 0.05) is 11.6 Å². The highest BCUT2D eigenvalue weighted by molar-refractivity contribution is 6.21. The van der Waals surface area contributed by atoms with E-state index in [1.807, 2.05) is 13.8 Å². The Labute approximate surface area is 129 Å². The second-order valence-corrected chi connectivity index (χ2v) is 5.46. The Morgan fingerprint density at radius 3 is 2.41 bits per heavy atom. The summed E-state index contributed by atoms with van der Waals surface area (Å²) >= 11 is 0. The summed E-state index contributed by atoms with van der Waals surface area (Å²) in [5, 5.41) is 20.2. The molecule has 114 valence electrons. The van der Waals surface area contributed by atoms with Crippen molar-refractivity contribution in [3.05, 3.63) is 65.0 Å². The molecule has 22 heavy (non-hydrogen) atoms. The van der Waals surface area contributed by atoms with Crippen molar-refractivity contribution in [1.29, 1.82) is 0 Å². The molecule has 0 spiro atoms. The zero-order chi connectivity index (χ0) is 16.3. The van der Waals surface area contributed by atoms with Gasteiger partial charge in [-0.3, -0.25) is 9.59 Å². The summed E-state index contributed by atoms with van der Waals surface area (Å²) in [4.78, 5) is 24.4. The van der Waals surface area contributed by atoms with E-state index in [4.69, 9.17) is 0 Å². The maximum absolute atomic E-state index is 12.5. The highest BCUT2D eigenvalue weighted by Gasteiger charge is 2.36. The zero-order valence-electron chi connectivity index (χ0n) is 12.5. The van der Waals surface area contributed by atoms with Crippen LogP contribution in [0.4, 0.5) is 0 Å². The highest BCUT2D eigenvalue weighted by atomic mass is 16.3. The fourth-order valence-electron chi connectivity index (χ4n) is 2.29. The third-order valence-corrected chi connectivity index (χ3v) is 3.49. The zero-order valence-corrected chi connectivity index (χ0v) is 12.5. The predicted molar refractivity (Wildman–Crippen MR) is 84.3 cm³/mol. The van der Waals surface area contributed by atoms with E-state index < -0.39 is 23.2 Å². The summed E-state index contributed by atoms with van der Waals surface area (Å²) in [5.74, 6) is -2.68. The molecule has 1 aromatic carbocycles. The summed E-state index contributed by atoms with van der Waals surface area (Å²) in [6.45, 7) is 3.76. The molecule has 4 nitrogen and oxygen atoms in total. The molecule has 0 amide bonds. The van der Waals surface area contributed by atoms with E-state index in [9.17, 15) is 19.8 Å². The molecule has 0 aliphatic heterocycles. The van der Waals surface area contributed by atoms with Gasteiger partial charge in [-0.1, -0.05) is 42.0 Å². The molecule has 0 heterocycles. The molecule has 1 aromatic rings. The first-order valence-electron chi connectivity index (χ1n) is 7.03. The normalized spacial score (nSPS) is 20.5. The van der Waals surface area contributed by atoms with E-state index in [-0.39, 0.29) is 17.8 Å². The lowest BCUT2D eigenvalue weighted by Gasteiger charge is -2.20. The largest absolute Gasteiger partial charge is 0.507 e. The van der Waals surface area contributed by atoms with Gasteiger partial charge in [0.15, 0.2) is 11.6 Å². The molecular weight excluding hydrogens is 280 g/mol. The van der Waals surface area contributed by atoms with Gasteiger partial charge in [0.05, 0.1) is 5.92 Å². The third-order valence-electron chi connectivity index (χ3n) is 3.49. The minimum atomic E-state index is -0.897. The Kier molecular flexibility index (Phi) is 4.61. The number of carbonyl (C=O) groups is 2. The monoisotopic (exact) mass is 298 g/mol. The molecule has 4 heteroatoms. The van der Waals surface area contributed by atoms with Crippen molar-refractivity contribution < 1.29 is 19.8 Å². The van der Waals surface area contributed by atoms with Crippen molar-refractivity contribution in [3.63, 3.8) is 0 Å². The summed E-state index contributed by atoms with van der Waals surface area (Å²) in [5.41, 5.74) is 1.22. The van der Waals surface area contributed by atoms with Gasteiger partial charge in [-0.2, -0.15) is 0 Å². The lowest BCUT2D eigenvalue weighted by atomic mass is 9.83. The highest BCUT2D eigenvalue weighted by Crippen LogP contribution is 2.29. The van der Waals surface area contributed by atoms with Gasteiger partial charge in [0.25, 0.3) is 0 Å². The maximum Gasteiger partial charge on any atom is 0.181 e. The fourth-order valence-corrected chi connectivity index (χ4v) is 2.29. The van der Waals surface area contributed by atoms with Crippen LogP contribution in [0.1, 0.15) is 25.8 Å². The first-order chi connectivity index (χ1) is 10.4.